The second kappa shape index (κ2) is 8.00. The Hall–Kier alpha value is -2.54. The molecule has 0 radical (unpaired) electrons. The highest BCUT2D eigenvalue weighted by atomic mass is 35.5. The first kappa shape index (κ1) is 20.8. The summed E-state index contributed by atoms with van der Waals surface area (Å²) < 4.78 is 39.5. The number of aryl methyl sites for hydroxylation is 2. The average molecular weight is 399 g/mol. The van der Waals surface area contributed by atoms with E-state index in [1.165, 1.54) is 17.9 Å². The molecule has 0 saturated heterocycles. The molecule has 4 nitrogen and oxygen atoms in total. The fraction of sp³-hybridized carbons (Fsp3) is 0.263. The van der Waals surface area contributed by atoms with Gasteiger partial charge in [0.2, 0.25) is 11.8 Å². The highest BCUT2D eigenvalue weighted by molar-refractivity contribution is 6.30. The Morgan fingerprint density at radius 3 is 2.37 bits per heavy atom. The van der Waals surface area contributed by atoms with Gasteiger partial charge in [0.1, 0.15) is 6.54 Å². The second-order valence-corrected chi connectivity index (χ2v) is 6.57. The van der Waals surface area contributed by atoms with Crippen LogP contribution in [0.5, 0.6) is 0 Å². The maximum atomic E-state index is 13.2. The van der Waals surface area contributed by atoms with Crippen LogP contribution in [-0.4, -0.2) is 18.4 Å². The molecule has 0 fully saturated rings. The number of amides is 2. The number of carbonyl (C=O) groups excluding carboxylic acids is 2. The van der Waals surface area contributed by atoms with Crippen LogP contribution in [0, 0.1) is 13.8 Å². The van der Waals surface area contributed by atoms with Crippen molar-refractivity contribution in [3.05, 3.63) is 58.1 Å². The molecule has 8 heteroatoms. The van der Waals surface area contributed by atoms with Gasteiger partial charge in [0.05, 0.1) is 11.3 Å². The molecule has 2 amide bonds. The van der Waals surface area contributed by atoms with Crippen LogP contribution in [0.15, 0.2) is 36.4 Å². The number of rotatable bonds is 4. The minimum atomic E-state index is -4.68. The van der Waals surface area contributed by atoms with Crippen LogP contribution in [0.2, 0.25) is 5.02 Å². The molecule has 144 valence electrons. The number of benzene rings is 2. The number of hydrogen-bond acceptors (Lipinski definition) is 2. The van der Waals surface area contributed by atoms with Crippen LogP contribution in [0.3, 0.4) is 0 Å². The average Bonchev–Trinajstić information content (AvgIpc) is 2.55. The maximum absolute atomic E-state index is 13.2. The number of anilines is 2. The van der Waals surface area contributed by atoms with E-state index in [2.05, 4.69) is 5.32 Å². The van der Waals surface area contributed by atoms with Gasteiger partial charge in [-0.3, -0.25) is 9.59 Å². The predicted octanol–water partition coefficient (Wildman–Crippen LogP) is 4.97. The summed E-state index contributed by atoms with van der Waals surface area (Å²) in [6, 6.07) is 8.48. The fourth-order valence-corrected chi connectivity index (χ4v) is 2.74. The highest BCUT2D eigenvalue weighted by Crippen LogP contribution is 2.36. The van der Waals surface area contributed by atoms with Crippen molar-refractivity contribution in [2.75, 3.05) is 16.8 Å². The van der Waals surface area contributed by atoms with E-state index < -0.39 is 35.8 Å². The Bertz CT molecular complexity index is 882. The van der Waals surface area contributed by atoms with Gasteiger partial charge in [-0.1, -0.05) is 23.7 Å². The third-order valence-electron chi connectivity index (χ3n) is 3.90. The fourth-order valence-electron chi connectivity index (χ4n) is 2.57. The molecule has 1 N–H and O–H groups in total. The molecule has 0 spiro atoms. The normalized spacial score (nSPS) is 11.2. The zero-order valence-electron chi connectivity index (χ0n) is 14.9. The third kappa shape index (κ3) is 5.23. The van der Waals surface area contributed by atoms with Crippen molar-refractivity contribution in [2.45, 2.75) is 26.9 Å². The summed E-state index contributed by atoms with van der Waals surface area (Å²) >= 11 is 5.63. The lowest BCUT2D eigenvalue weighted by Gasteiger charge is -2.23. The maximum Gasteiger partial charge on any atom is 0.418 e. The molecular formula is C19H18ClF3N2O2. The molecule has 2 aromatic rings. The molecule has 0 bridgehead atoms. The molecule has 0 aromatic heterocycles. The van der Waals surface area contributed by atoms with Gasteiger partial charge in [-0.25, -0.2) is 0 Å². The molecule has 0 heterocycles. The van der Waals surface area contributed by atoms with Crippen LogP contribution < -0.4 is 10.2 Å². The summed E-state index contributed by atoms with van der Waals surface area (Å²) in [4.78, 5) is 25.6. The van der Waals surface area contributed by atoms with Gasteiger partial charge in [0.25, 0.3) is 0 Å². The summed E-state index contributed by atoms with van der Waals surface area (Å²) in [6.07, 6.45) is -4.68. The predicted molar refractivity (Wildman–Crippen MR) is 99.0 cm³/mol. The molecule has 2 rings (SSSR count). The van der Waals surface area contributed by atoms with E-state index in [0.717, 1.165) is 23.3 Å². The number of alkyl halides is 3. The molecular weight excluding hydrogens is 381 g/mol. The van der Waals surface area contributed by atoms with Gasteiger partial charge in [-0.15, -0.1) is 0 Å². The van der Waals surface area contributed by atoms with Crippen molar-refractivity contribution in [1.82, 2.24) is 0 Å². The van der Waals surface area contributed by atoms with Crippen LogP contribution in [-0.2, 0) is 15.8 Å². The van der Waals surface area contributed by atoms with Crippen molar-refractivity contribution in [3.63, 3.8) is 0 Å². The lowest BCUT2D eigenvalue weighted by Crippen LogP contribution is -2.37. The number of hydrogen-bond donors (Lipinski definition) is 1. The topological polar surface area (TPSA) is 49.4 Å². The monoisotopic (exact) mass is 398 g/mol. The van der Waals surface area contributed by atoms with Gasteiger partial charge in [0.15, 0.2) is 0 Å². The minimum Gasteiger partial charge on any atom is -0.324 e. The van der Waals surface area contributed by atoms with E-state index in [0.29, 0.717) is 5.69 Å². The lowest BCUT2D eigenvalue weighted by atomic mass is 10.1. The number of carbonyl (C=O) groups is 2. The molecule has 0 atom stereocenters. The van der Waals surface area contributed by atoms with Crippen LogP contribution in [0.25, 0.3) is 0 Å². The van der Waals surface area contributed by atoms with E-state index in [9.17, 15) is 22.8 Å². The van der Waals surface area contributed by atoms with Gasteiger partial charge in [0, 0.05) is 17.6 Å². The zero-order chi connectivity index (χ0) is 20.4. The van der Waals surface area contributed by atoms with E-state index in [4.69, 9.17) is 11.6 Å². The quantitative estimate of drug-likeness (QED) is 0.790. The van der Waals surface area contributed by atoms with E-state index in [1.807, 2.05) is 13.0 Å². The number of nitrogens with zero attached hydrogens (tertiary/aromatic N) is 1. The van der Waals surface area contributed by atoms with Gasteiger partial charge < -0.3 is 10.2 Å². The standard InChI is InChI=1S/C19H18ClF3N2O2/c1-11-4-5-12(2)17(8-11)25(13(3)26)10-18(27)24-16-7-6-14(20)9-15(16)19(21,22)23/h4-9H,10H2,1-3H3,(H,24,27). The summed E-state index contributed by atoms with van der Waals surface area (Å²) in [5.74, 6) is -1.15. The lowest BCUT2D eigenvalue weighted by molar-refractivity contribution is -0.137. The van der Waals surface area contributed by atoms with Crippen LogP contribution in [0.1, 0.15) is 23.6 Å². The van der Waals surface area contributed by atoms with Gasteiger partial charge in [-0.2, -0.15) is 13.2 Å². The first-order valence-corrected chi connectivity index (χ1v) is 8.39. The van der Waals surface area contributed by atoms with Crippen molar-refractivity contribution >= 4 is 34.8 Å². The highest BCUT2D eigenvalue weighted by Gasteiger charge is 2.34. The number of halogens is 4. The SMILES string of the molecule is CC(=O)N(CC(=O)Nc1ccc(Cl)cc1C(F)(F)F)c1cc(C)ccc1C. The summed E-state index contributed by atoms with van der Waals surface area (Å²) in [5.41, 5.74) is 0.723. The zero-order valence-corrected chi connectivity index (χ0v) is 15.7. The van der Waals surface area contributed by atoms with E-state index in [1.54, 1.807) is 19.1 Å². The second-order valence-electron chi connectivity index (χ2n) is 6.13. The Kier molecular flexibility index (Phi) is 6.15. The molecule has 2 aromatic carbocycles. The van der Waals surface area contributed by atoms with Crippen molar-refractivity contribution in [2.24, 2.45) is 0 Å². The summed E-state index contributed by atoms with van der Waals surface area (Å²) in [7, 11) is 0. The molecule has 0 aliphatic carbocycles. The Labute approximate surface area is 159 Å². The largest absolute Gasteiger partial charge is 0.418 e. The molecule has 0 aliphatic rings. The van der Waals surface area contributed by atoms with E-state index >= 15 is 0 Å². The van der Waals surface area contributed by atoms with Crippen LogP contribution >= 0.6 is 11.6 Å². The van der Waals surface area contributed by atoms with Crippen molar-refractivity contribution in [1.29, 1.82) is 0 Å². The van der Waals surface area contributed by atoms with Crippen molar-refractivity contribution in [3.8, 4) is 0 Å². The Morgan fingerprint density at radius 1 is 1.11 bits per heavy atom. The summed E-state index contributed by atoms with van der Waals surface area (Å²) in [6.45, 7) is 4.49. The van der Waals surface area contributed by atoms with Gasteiger partial charge >= 0.3 is 6.18 Å². The summed E-state index contributed by atoms with van der Waals surface area (Å²) in [5, 5.41) is 2.13. The molecule has 0 aliphatic heterocycles. The van der Waals surface area contributed by atoms with Gasteiger partial charge in [-0.05, 0) is 49.2 Å². The van der Waals surface area contributed by atoms with Crippen molar-refractivity contribution < 1.29 is 22.8 Å². The molecule has 27 heavy (non-hydrogen) atoms. The first-order chi connectivity index (χ1) is 12.5. The molecule has 0 saturated carbocycles. The number of nitrogens with one attached hydrogen (secondary N) is 1. The molecule has 0 unspecified atom stereocenters. The Balaban J connectivity index is 2.28. The Morgan fingerprint density at radius 2 is 1.78 bits per heavy atom. The smallest absolute Gasteiger partial charge is 0.324 e. The minimum absolute atomic E-state index is 0.0962. The third-order valence-corrected chi connectivity index (χ3v) is 4.13. The first-order valence-electron chi connectivity index (χ1n) is 8.01. The van der Waals surface area contributed by atoms with Crippen LogP contribution in [0.4, 0.5) is 24.5 Å². The van der Waals surface area contributed by atoms with E-state index in [-0.39, 0.29) is 5.02 Å².